The van der Waals surface area contributed by atoms with Crippen molar-refractivity contribution < 1.29 is 4.74 Å². The van der Waals surface area contributed by atoms with Crippen LogP contribution in [0.15, 0.2) is 24.3 Å². The third-order valence-electron chi connectivity index (χ3n) is 4.01. The van der Waals surface area contributed by atoms with Crippen molar-refractivity contribution in [1.82, 2.24) is 19.8 Å². The molecule has 2 heterocycles. The van der Waals surface area contributed by atoms with E-state index in [-0.39, 0.29) is 6.23 Å². The first-order valence-electron chi connectivity index (χ1n) is 7.80. The Morgan fingerprint density at radius 1 is 1.29 bits per heavy atom. The highest BCUT2D eigenvalue weighted by atomic mass is 16.5. The molecule has 5 heteroatoms. The van der Waals surface area contributed by atoms with Gasteiger partial charge in [-0.25, -0.2) is 4.98 Å². The van der Waals surface area contributed by atoms with Crippen LogP contribution in [0, 0.1) is 0 Å². The molecule has 5 nitrogen and oxygen atoms in total. The van der Waals surface area contributed by atoms with Crippen LogP contribution in [0.5, 0.6) is 0 Å². The summed E-state index contributed by atoms with van der Waals surface area (Å²) in [6.07, 6.45) is 0.0142. The van der Waals surface area contributed by atoms with E-state index in [2.05, 4.69) is 39.9 Å². The van der Waals surface area contributed by atoms with Gasteiger partial charge < -0.3 is 14.6 Å². The SMILES string of the molecule is CCOC(C)n1c(CN2CCNCC2)nc2ccccc21. The van der Waals surface area contributed by atoms with Crippen LogP contribution in [-0.4, -0.2) is 47.2 Å². The highest BCUT2D eigenvalue weighted by Gasteiger charge is 2.19. The van der Waals surface area contributed by atoms with Crippen molar-refractivity contribution in [3.63, 3.8) is 0 Å². The predicted molar refractivity (Wildman–Crippen MR) is 84.2 cm³/mol. The van der Waals surface area contributed by atoms with Gasteiger partial charge in [0.05, 0.1) is 17.6 Å². The molecule has 114 valence electrons. The van der Waals surface area contributed by atoms with Gasteiger partial charge in [0.25, 0.3) is 0 Å². The number of fused-ring (bicyclic) bond motifs is 1. The number of nitrogens with one attached hydrogen (secondary N) is 1. The van der Waals surface area contributed by atoms with Crippen molar-refractivity contribution in [1.29, 1.82) is 0 Å². The maximum atomic E-state index is 5.82. The minimum Gasteiger partial charge on any atom is -0.359 e. The molecular weight excluding hydrogens is 264 g/mol. The average Bonchev–Trinajstić information content (AvgIpc) is 2.86. The molecule has 1 atom stereocenters. The van der Waals surface area contributed by atoms with Crippen molar-refractivity contribution in [2.75, 3.05) is 32.8 Å². The number of ether oxygens (including phenoxy) is 1. The fourth-order valence-electron chi connectivity index (χ4n) is 3.00. The second-order valence-electron chi connectivity index (χ2n) is 5.47. The summed E-state index contributed by atoms with van der Waals surface area (Å²) in [5.41, 5.74) is 2.21. The first-order chi connectivity index (χ1) is 10.3. The lowest BCUT2D eigenvalue weighted by atomic mass is 10.3. The van der Waals surface area contributed by atoms with Crippen molar-refractivity contribution in [3.05, 3.63) is 30.1 Å². The summed E-state index contributed by atoms with van der Waals surface area (Å²) >= 11 is 0. The second kappa shape index (κ2) is 6.56. The summed E-state index contributed by atoms with van der Waals surface area (Å²) in [5.74, 6) is 1.10. The molecule has 0 aliphatic carbocycles. The lowest BCUT2D eigenvalue weighted by Gasteiger charge is -2.27. The first-order valence-corrected chi connectivity index (χ1v) is 7.80. The van der Waals surface area contributed by atoms with Crippen LogP contribution >= 0.6 is 0 Å². The Kier molecular flexibility index (Phi) is 4.53. The highest BCUT2D eigenvalue weighted by molar-refractivity contribution is 5.76. The Hall–Kier alpha value is -1.43. The first kappa shape index (κ1) is 14.5. The number of hydrogen-bond acceptors (Lipinski definition) is 4. The monoisotopic (exact) mass is 288 g/mol. The van der Waals surface area contributed by atoms with Crippen LogP contribution in [-0.2, 0) is 11.3 Å². The normalized spacial score (nSPS) is 18.2. The van der Waals surface area contributed by atoms with E-state index in [1.807, 2.05) is 13.0 Å². The Morgan fingerprint density at radius 3 is 2.81 bits per heavy atom. The number of hydrogen-bond donors (Lipinski definition) is 1. The zero-order chi connectivity index (χ0) is 14.7. The number of nitrogens with zero attached hydrogens (tertiary/aromatic N) is 3. The van der Waals surface area contributed by atoms with Crippen LogP contribution < -0.4 is 5.32 Å². The summed E-state index contributed by atoms with van der Waals surface area (Å²) in [7, 11) is 0. The van der Waals surface area contributed by atoms with Gasteiger partial charge in [-0.05, 0) is 26.0 Å². The summed E-state index contributed by atoms with van der Waals surface area (Å²) in [6, 6.07) is 8.30. The maximum absolute atomic E-state index is 5.82. The fourth-order valence-corrected chi connectivity index (χ4v) is 3.00. The molecule has 1 aliphatic heterocycles. The molecule has 1 unspecified atom stereocenters. The van der Waals surface area contributed by atoms with Gasteiger partial charge >= 0.3 is 0 Å². The smallest absolute Gasteiger partial charge is 0.132 e. The molecule has 0 spiro atoms. The van der Waals surface area contributed by atoms with Crippen molar-refractivity contribution in [2.45, 2.75) is 26.6 Å². The Labute approximate surface area is 125 Å². The van der Waals surface area contributed by atoms with Gasteiger partial charge in [-0.3, -0.25) is 4.90 Å². The Balaban J connectivity index is 1.93. The molecule has 1 saturated heterocycles. The molecule has 1 aromatic carbocycles. The van der Waals surface area contributed by atoms with Gasteiger partial charge in [-0.15, -0.1) is 0 Å². The summed E-state index contributed by atoms with van der Waals surface area (Å²) < 4.78 is 8.05. The minimum atomic E-state index is 0.0142. The molecule has 1 aliphatic rings. The second-order valence-corrected chi connectivity index (χ2v) is 5.47. The maximum Gasteiger partial charge on any atom is 0.132 e. The lowest BCUT2D eigenvalue weighted by Crippen LogP contribution is -2.43. The quantitative estimate of drug-likeness (QED) is 0.914. The molecule has 3 rings (SSSR count). The molecular formula is C16H24N4O. The number of rotatable bonds is 5. The predicted octanol–water partition coefficient (Wildman–Crippen LogP) is 2.00. The van der Waals surface area contributed by atoms with E-state index in [1.165, 1.54) is 0 Å². The third kappa shape index (κ3) is 3.10. The van der Waals surface area contributed by atoms with Gasteiger partial charge in [-0.2, -0.15) is 0 Å². The zero-order valence-corrected chi connectivity index (χ0v) is 12.9. The van der Waals surface area contributed by atoms with Gasteiger partial charge in [0.15, 0.2) is 0 Å². The van der Waals surface area contributed by atoms with Crippen molar-refractivity contribution >= 4 is 11.0 Å². The number of benzene rings is 1. The van der Waals surface area contributed by atoms with Crippen LogP contribution in [0.25, 0.3) is 11.0 Å². The summed E-state index contributed by atoms with van der Waals surface area (Å²) in [6.45, 7) is 9.99. The van der Waals surface area contributed by atoms with E-state index in [0.29, 0.717) is 6.61 Å². The Bertz CT molecular complexity index is 589. The van der Waals surface area contributed by atoms with Crippen LogP contribution in [0.2, 0.25) is 0 Å². The largest absolute Gasteiger partial charge is 0.359 e. The van der Waals surface area contributed by atoms with E-state index in [9.17, 15) is 0 Å². The van der Waals surface area contributed by atoms with Crippen molar-refractivity contribution in [2.24, 2.45) is 0 Å². The molecule has 0 radical (unpaired) electrons. The molecule has 0 saturated carbocycles. The van der Waals surface area contributed by atoms with E-state index in [1.54, 1.807) is 0 Å². The van der Waals surface area contributed by atoms with Crippen LogP contribution in [0.3, 0.4) is 0 Å². The van der Waals surface area contributed by atoms with Gasteiger partial charge in [0.1, 0.15) is 12.1 Å². The van der Waals surface area contributed by atoms with Crippen LogP contribution in [0.4, 0.5) is 0 Å². The summed E-state index contributed by atoms with van der Waals surface area (Å²) in [5, 5.41) is 3.39. The van der Waals surface area contributed by atoms with Crippen molar-refractivity contribution in [3.8, 4) is 0 Å². The number of piperazine rings is 1. The molecule has 2 aromatic rings. The van der Waals surface area contributed by atoms with E-state index < -0.39 is 0 Å². The topological polar surface area (TPSA) is 42.3 Å². The van der Waals surface area contributed by atoms with Gasteiger partial charge in [0, 0.05) is 32.8 Å². The summed E-state index contributed by atoms with van der Waals surface area (Å²) in [4.78, 5) is 7.28. The molecule has 21 heavy (non-hydrogen) atoms. The fraction of sp³-hybridized carbons (Fsp3) is 0.562. The van der Waals surface area contributed by atoms with E-state index in [0.717, 1.165) is 49.6 Å². The van der Waals surface area contributed by atoms with Gasteiger partial charge in [-0.1, -0.05) is 12.1 Å². The third-order valence-corrected chi connectivity index (χ3v) is 4.01. The minimum absolute atomic E-state index is 0.0142. The standard InChI is InChI=1S/C16H24N4O/c1-3-21-13(2)20-15-7-5-4-6-14(15)18-16(20)12-19-10-8-17-9-11-19/h4-7,13,17H,3,8-12H2,1-2H3. The molecule has 1 fully saturated rings. The Morgan fingerprint density at radius 2 is 2.05 bits per heavy atom. The number of aromatic nitrogens is 2. The van der Waals surface area contributed by atoms with E-state index in [4.69, 9.17) is 9.72 Å². The number of para-hydroxylation sites is 2. The molecule has 1 N–H and O–H groups in total. The molecule has 0 amide bonds. The molecule has 1 aromatic heterocycles. The molecule has 0 bridgehead atoms. The average molecular weight is 288 g/mol. The van der Waals surface area contributed by atoms with Gasteiger partial charge in [0.2, 0.25) is 0 Å². The lowest BCUT2D eigenvalue weighted by molar-refractivity contribution is 0.0240. The highest BCUT2D eigenvalue weighted by Crippen LogP contribution is 2.23. The van der Waals surface area contributed by atoms with E-state index >= 15 is 0 Å². The van der Waals surface area contributed by atoms with Crippen LogP contribution in [0.1, 0.15) is 25.9 Å². The zero-order valence-electron chi connectivity index (χ0n) is 12.9. The number of imidazole rings is 1.